The number of rotatable bonds is 4. The average molecular weight is 286 g/mol. The number of benzene rings is 1. The normalized spacial score (nSPS) is 12.9. The van der Waals surface area contributed by atoms with Gasteiger partial charge in [0.25, 0.3) is 0 Å². The molecule has 1 N–H and O–H groups in total. The van der Waals surface area contributed by atoms with Crippen LogP contribution in [0.5, 0.6) is 5.75 Å². The number of aromatic nitrogens is 1. The molecule has 2 aromatic rings. The lowest BCUT2D eigenvalue weighted by Gasteiger charge is -2.07. The summed E-state index contributed by atoms with van der Waals surface area (Å²) in [5.74, 6) is 0.730. The van der Waals surface area contributed by atoms with Crippen LogP contribution in [0.1, 0.15) is 12.5 Å². The van der Waals surface area contributed by atoms with Crippen molar-refractivity contribution < 1.29 is 19.1 Å². The average Bonchev–Trinajstić information content (AvgIpc) is 2.81. The highest BCUT2D eigenvalue weighted by molar-refractivity contribution is 6.00. The van der Waals surface area contributed by atoms with Gasteiger partial charge in [0.15, 0.2) is 6.61 Å². The molecule has 0 bridgehead atoms. The lowest BCUT2D eigenvalue weighted by atomic mass is 10.1. The molecule has 1 aliphatic rings. The molecule has 1 aliphatic heterocycles. The second-order valence-electron chi connectivity index (χ2n) is 4.67. The van der Waals surface area contributed by atoms with Gasteiger partial charge < -0.3 is 14.8 Å². The van der Waals surface area contributed by atoms with Crippen molar-refractivity contribution in [2.75, 3.05) is 18.5 Å². The van der Waals surface area contributed by atoms with E-state index < -0.39 is 5.97 Å². The zero-order valence-corrected chi connectivity index (χ0v) is 11.5. The van der Waals surface area contributed by atoms with Crippen molar-refractivity contribution >= 4 is 28.6 Å². The van der Waals surface area contributed by atoms with Crippen molar-refractivity contribution in [3.05, 3.63) is 29.8 Å². The molecule has 1 aromatic carbocycles. The molecule has 21 heavy (non-hydrogen) atoms. The van der Waals surface area contributed by atoms with Gasteiger partial charge in [-0.25, -0.2) is 9.78 Å². The Balaban J connectivity index is 1.82. The summed E-state index contributed by atoms with van der Waals surface area (Å²) in [5.41, 5.74) is 1.63. The van der Waals surface area contributed by atoms with E-state index in [1.807, 2.05) is 6.07 Å². The predicted octanol–water partition coefficient (Wildman–Crippen LogP) is 1.67. The van der Waals surface area contributed by atoms with Crippen LogP contribution in [0.4, 0.5) is 5.82 Å². The van der Waals surface area contributed by atoms with Gasteiger partial charge in [0, 0.05) is 10.9 Å². The second kappa shape index (κ2) is 5.40. The topological polar surface area (TPSA) is 77.5 Å². The predicted molar refractivity (Wildman–Crippen MR) is 76.2 cm³/mol. The fraction of sp³-hybridized carbons (Fsp3) is 0.267. The first-order valence-electron chi connectivity index (χ1n) is 6.67. The Bertz CT molecular complexity index is 727. The first-order chi connectivity index (χ1) is 10.2. The lowest BCUT2D eigenvalue weighted by Crippen LogP contribution is -2.14. The number of esters is 1. The Kier molecular flexibility index (Phi) is 3.43. The molecule has 108 valence electrons. The number of carbonyl (C=O) groups excluding carboxylic acids is 2. The summed E-state index contributed by atoms with van der Waals surface area (Å²) in [6.45, 7) is 1.95. The summed E-state index contributed by atoms with van der Waals surface area (Å²) < 4.78 is 10.2. The molecule has 6 heteroatoms. The van der Waals surface area contributed by atoms with Crippen LogP contribution >= 0.6 is 0 Å². The molecule has 0 saturated heterocycles. The number of pyridine rings is 1. The summed E-state index contributed by atoms with van der Waals surface area (Å²) in [4.78, 5) is 27.0. The minimum atomic E-state index is -0.403. The maximum absolute atomic E-state index is 11.4. The third-order valence-electron chi connectivity index (χ3n) is 3.14. The van der Waals surface area contributed by atoms with E-state index in [-0.39, 0.29) is 12.5 Å². The molecule has 0 spiro atoms. The van der Waals surface area contributed by atoms with Crippen molar-refractivity contribution in [1.29, 1.82) is 0 Å². The molecule has 3 rings (SSSR count). The molecule has 0 unspecified atom stereocenters. The number of amides is 1. The van der Waals surface area contributed by atoms with Crippen LogP contribution < -0.4 is 10.1 Å². The highest BCUT2D eigenvalue weighted by Crippen LogP contribution is 2.27. The summed E-state index contributed by atoms with van der Waals surface area (Å²) in [6, 6.07) is 7.23. The standard InChI is InChI=1S/C15H14N2O4/c1-2-20-14(19)8-21-11-3-4-12-9(6-11)5-10-7-13(18)17-15(10)16-12/h3-6H,2,7-8H2,1H3,(H,16,17,18). The number of nitrogens with zero attached hydrogens (tertiary/aromatic N) is 1. The number of carbonyl (C=O) groups is 2. The Morgan fingerprint density at radius 2 is 2.24 bits per heavy atom. The fourth-order valence-electron chi connectivity index (χ4n) is 2.23. The Morgan fingerprint density at radius 1 is 1.38 bits per heavy atom. The van der Waals surface area contributed by atoms with Crippen molar-refractivity contribution in [3.63, 3.8) is 0 Å². The number of hydrogen-bond donors (Lipinski definition) is 1. The van der Waals surface area contributed by atoms with Crippen LogP contribution in [-0.2, 0) is 20.7 Å². The van der Waals surface area contributed by atoms with Crippen LogP contribution in [0.25, 0.3) is 10.9 Å². The number of nitrogens with one attached hydrogen (secondary N) is 1. The SMILES string of the molecule is CCOC(=O)COc1ccc2nc3c(cc2c1)CC(=O)N3. The Morgan fingerprint density at radius 3 is 3.05 bits per heavy atom. The third kappa shape index (κ3) is 2.79. The van der Waals surface area contributed by atoms with Crippen LogP contribution in [0.15, 0.2) is 24.3 Å². The quantitative estimate of drug-likeness (QED) is 0.865. The fourth-order valence-corrected chi connectivity index (χ4v) is 2.23. The molecule has 0 radical (unpaired) electrons. The van der Waals surface area contributed by atoms with Gasteiger partial charge in [-0.15, -0.1) is 0 Å². The molecular formula is C15H14N2O4. The largest absolute Gasteiger partial charge is 0.482 e. The Labute approximate surface area is 121 Å². The first-order valence-corrected chi connectivity index (χ1v) is 6.67. The van der Waals surface area contributed by atoms with E-state index in [2.05, 4.69) is 10.3 Å². The zero-order chi connectivity index (χ0) is 14.8. The van der Waals surface area contributed by atoms with E-state index in [0.717, 1.165) is 16.5 Å². The monoisotopic (exact) mass is 286 g/mol. The van der Waals surface area contributed by atoms with E-state index >= 15 is 0 Å². The van der Waals surface area contributed by atoms with E-state index in [9.17, 15) is 9.59 Å². The van der Waals surface area contributed by atoms with Gasteiger partial charge in [0.05, 0.1) is 18.5 Å². The molecular weight excluding hydrogens is 272 g/mol. The van der Waals surface area contributed by atoms with Crippen LogP contribution in [-0.4, -0.2) is 30.1 Å². The molecule has 1 amide bonds. The van der Waals surface area contributed by atoms with Crippen molar-refractivity contribution in [3.8, 4) is 5.75 Å². The van der Waals surface area contributed by atoms with Gasteiger partial charge in [-0.05, 0) is 31.2 Å². The number of hydrogen-bond acceptors (Lipinski definition) is 5. The third-order valence-corrected chi connectivity index (χ3v) is 3.14. The maximum atomic E-state index is 11.4. The summed E-state index contributed by atoms with van der Waals surface area (Å²) in [5, 5.41) is 3.58. The summed E-state index contributed by atoms with van der Waals surface area (Å²) in [7, 11) is 0. The number of anilines is 1. The van der Waals surface area contributed by atoms with Gasteiger partial charge in [0.1, 0.15) is 11.6 Å². The minimum absolute atomic E-state index is 0.0495. The highest BCUT2D eigenvalue weighted by atomic mass is 16.6. The second-order valence-corrected chi connectivity index (χ2v) is 4.67. The number of ether oxygens (including phenoxy) is 2. The van der Waals surface area contributed by atoms with Gasteiger partial charge in [-0.2, -0.15) is 0 Å². The first kappa shape index (κ1) is 13.4. The molecule has 1 aromatic heterocycles. The van der Waals surface area contributed by atoms with Gasteiger partial charge in [0.2, 0.25) is 5.91 Å². The van der Waals surface area contributed by atoms with Crippen LogP contribution in [0.3, 0.4) is 0 Å². The van der Waals surface area contributed by atoms with Crippen LogP contribution in [0.2, 0.25) is 0 Å². The minimum Gasteiger partial charge on any atom is -0.482 e. The number of fused-ring (bicyclic) bond motifs is 2. The maximum Gasteiger partial charge on any atom is 0.344 e. The highest BCUT2D eigenvalue weighted by Gasteiger charge is 2.19. The van der Waals surface area contributed by atoms with E-state index in [0.29, 0.717) is 24.6 Å². The molecule has 6 nitrogen and oxygen atoms in total. The van der Waals surface area contributed by atoms with Crippen molar-refractivity contribution in [1.82, 2.24) is 4.98 Å². The smallest absolute Gasteiger partial charge is 0.344 e. The van der Waals surface area contributed by atoms with Crippen LogP contribution in [0, 0.1) is 0 Å². The molecule has 0 fully saturated rings. The van der Waals surface area contributed by atoms with Crippen molar-refractivity contribution in [2.24, 2.45) is 0 Å². The van der Waals surface area contributed by atoms with Gasteiger partial charge in [-0.3, -0.25) is 4.79 Å². The van der Waals surface area contributed by atoms with Crippen molar-refractivity contribution in [2.45, 2.75) is 13.3 Å². The summed E-state index contributed by atoms with van der Waals surface area (Å²) >= 11 is 0. The van der Waals surface area contributed by atoms with Gasteiger partial charge >= 0.3 is 5.97 Å². The zero-order valence-electron chi connectivity index (χ0n) is 11.5. The molecule has 2 heterocycles. The van der Waals surface area contributed by atoms with E-state index in [1.165, 1.54) is 0 Å². The lowest BCUT2D eigenvalue weighted by molar-refractivity contribution is -0.145. The molecule has 0 atom stereocenters. The van der Waals surface area contributed by atoms with Gasteiger partial charge in [-0.1, -0.05) is 0 Å². The Hall–Kier alpha value is -2.63. The van der Waals surface area contributed by atoms with E-state index in [1.54, 1.807) is 25.1 Å². The molecule has 0 saturated carbocycles. The molecule has 0 aliphatic carbocycles. The van der Waals surface area contributed by atoms with E-state index in [4.69, 9.17) is 9.47 Å². The summed E-state index contributed by atoms with van der Waals surface area (Å²) in [6.07, 6.45) is 0.339.